The van der Waals surface area contributed by atoms with Crippen molar-refractivity contribution < 1.29 is 4.42 Å². The van der Waals surface area contributed by atoms with Gasteiger partial charge in [0, 0.05) is 33.7 Å². The van der Waals surface area contributed by atoms with E-state index in [0.29, 0.717) is 23.2 Å². The fourth-order valence-electron chi connectivity index (χ4n) is 6.25. The first kappa shape index (κ1) is 25.3. The van der Waals surface area contributed by atoms with Gasteiger partial charge in [-0.25, -0.2) is 19.9 Å². The summed E-state index contributed by atoms with van der Waals surface area (Å²) < 4.78 is 6.39. The average Bonchev–Trinajstić information content (AvgIpc) is 3.51. The first-order valence-electron chi connectivity index (χ1n) is 14.9. The normalized spacial score (nSPS) is 11.6. The number of furan rings is 1. The SMILES string of the molecule is c1ccc(-c2nc(-c3cc(-c4ccccc4)c4ccccc4c3)nc(-c3ccnc4oc5c6ccccc6ccc5c34)n2)cc1. The first-order valence-corrected chi connectivity index (χ1v) is 14.9. The Morgan fingerprint density at radius 2 is 1.07 bits per heavy atom. The molecule has 0 aliphatic heterocycles. The van der Waals surface area contributed by atoms with E-state index in [0.717, 1.165) is 60.3 Å². The van der Waals surface area contributed by atoms with E-state index in [2.05, 4.69) is 89.9 Å². The van der Waals surface area contributed by atoms with Crippen molar-refractivity contribution in [3.05, 3.63) is 146 Å². The highest BCUT2D eigenvalue weighted by Gasteiger charge is 2.20. The summed E-state index contributed by atoms with van der Waals surface area (Å²) in [5.74, 6) is 1.77. The van der Waals surface area contributed by atoms with Crippen LogP contribution in [0.25, 0.3) is 88.9 Å². The van der Waals surface area contributed by atoms with Crippen molar-refractivity contribution in [1.29, 1.82) is 0 Å². The molecule has 9 rings (SSSR count). The fraction of sp³-hybridized carbons (Fsp3) is 0. The van der Waals surface area contributed by atoms with Gasteiger partial charge in [-0.2, -0.15) is 0 Å². The second-order valence-electron chi connectivity index (χ2n) is 11.1. The maximum atomic E-state index is 6.39. The Morgan fingerprint density at radius 1 is 0.422 bits per heavy atom. The third kappa shape index (κ3) is 4.25. The molecule has 3 heterocycles. The van der Waals surface area contributed by atoms with Crippen LogP contribution < -0.4 is 0 Å². The molecule has 0 unspecified atom stereocenters. The minimum absolute atomic E-state index is 0.555. The number of fused-ring (bicyclic) bond motifs is 6. The zero-order chi connectivity index (χ0) is 29.7. The molecule has 0 N–H and O–H groups in total. The van der Waals surface area contributed by atoms with Gasteiger partial charge in [-0.3, -0.25) is 0 Å². The molecule has 0 bridgehead atoms. The largest absolute Gasteiger partial charge is 0.437 e. The Hall–Kier alpha value is -6.20. The predicted octanol–water partition coefficient (Wildman–Crippen LogP) is 10.1. The highest BCUT2D eigenvalue weighted by Crippen LogP contribution is 2.39. The van der Waals surface area contributed by atoms with E-state index in [1.165, 1.54) is 5.39 Å². The lowest BCUT2D eigenvalue weighted by atomic mass is 9.95. The quantitative estimate of drug-likeness (QED) is 0.209. The fourth-order valence-corrected chi connectivity index (χ4v) is 6.25. The summed E-state index contributed by atoms with van der Waals surface area (Å²) in [4.78, 5) is 19.9. The van der Waals surface area contributed by atoms with Crippen LogP contribution in [-0.2, 0) is 0 Å². The van der Waals surface area contributed by atoms with Crippen LogP contribution in [0.5, 0.6) is 0 Å². The summed E-state index contributed by atoms with van der Waals surface area (Å²) in [6.45, 7) is 0. The molecule has 0 saturated carbocycles. The topological polar surface area (TPSA) is 64.7 Å². The zero-order valence-corrected chi connectivity index (χ0v) is 24.1. The van der Waals surface area contributed by atoms with Gasteiger partial charge in [0.15, 0.2) is 17.5 Å². The lowest BCUT2D eigenvalue weighted by Gasteiger charge is -2.12. The molecule has 0 amide bonds. The number of benzene rings is 6. The summed E-state index contributed by atoms with van der Waals surface area (Å²) in [7, 11) is 0. The molecule has 0 saturated heterocycles. The summed E-state index contributed by atoms with van der Waals surface area (Å²) in [6.07, 6.45) is 1.76. The zero-order valence-electron chi connectivity index (χ0n) is 24.1. The van der Waals surface area contributed by atoms with Crippen molar-refractivity contribution in [2.75, 3.05) is 0 Å². The molecule has 0 fully saturated rings. The first-order chi connectivity index (χ1) is 22.3. The molecule has 45 heavy (non-hydrogen) atoms. The molecule has 6 aromatic carbocycles. The molecule has 0 atom stereocenters. The Bertz CT molecular complexity index is 2540. The summed E-state index contributed by atoms with van der Waals surface area (Å²) in [5, 5.41) is 6.33. The number of hydrogen-bond acceptors (Lipinski definition) is 5. The molecular formula is C40H24N4O. The third-order valence-corrected chi connectivity index (χ3v) is 8.38. The van der Waals surface area contributed by atoms with Gasteiger partial charge >= 0.3 is 0 Å². The lowest BCUT2D eigenvalue weighted by Crippen LogP contribution is -2.01. The van der Waals surface area contributed by atoms with Crippen molar-refractivity contribution in [3.8, 4) is 45.3 Å². The molecule has 5 heteroatoms. The van der Waals surface area contributed by atoms with E-state index in [1.807, 2.05) is 54.6 Å². The van der Waals surface area contributed by atoms with E-state index in [1.54, 1.807) is 6.20 Å². The van der Waals surface area contributed by atoms with E-state index < -0.39 is 0 Å². The van der Waals surface area contributed by atoms with Crippen LogP contribution in [0, 0.1) is 0 Å². The van der Waals surface area contributed by atoms with E-state index in [4.69, 9.17) is 19.4 Å². The van der Waals surface area contributed by atoms with Gasteiger partial charge in [-0.05, 0) is 51.6 Å². The van der Waals surface area contributed by atoms with Crippen LogP contribution in [0.15, 0.2) is 150 Å². The molecule has 3 aromatic heterocycles. The van der Waals surface area contributed by atoms with E-state index in [-0.39, 0.29) is 0 Å². The highest BCUT2D eigenvalue weighted by atomic mass is 16.3. The Balaban J connectivity index is 1.32. The highest BCUT2D eigenvalue weighted by molar-refractivity contribution is 6.18. The number of hydrogen-bond donors (Lipinski definition) is 0. The Labute approximate surface area is 258 Å². The second kappa shape index (κ2) is 10.2. The summed E-state index contributed by atoms with van der Waals surface area (Å²) in [6, 6.07) is 47.7. The molecule has 0 radical (unpaired) electrons. The minimum Gasteiger partial charge on any atom is -0.437 e. The lowest BCUT2D eigenvalue weighted by molar-refractivity contribution is 0.657. The van der Waals surface area contributed by atoms with Crippen LogP contribution in [0.1, 0.15) is 0 Å². The molecule has 5 nitrogen and oxygen atoms in total. The van der Waals surface area contributed by atoms with Gasteiger partial charge in [0.05, 0.1) is 5.39 Å². The van der Waals surface area contributed by atoms with Crippen LogP contribution >= 0.6 is 0 Å². The molecule has 0 aliphatic carbocycles. The van der Waals surface area contributed by atoms with Crippen molar-refractivity contribution >= 4 is 43.6 Å². The van der Waals surface area contributed by atoms with Gasteiger partial charge in [0.2, 0.25) is 5.71 Å². The van der Waals surface area contributed by atoms with Gasteiger partial charge in [-0.1, -0.05) is 115 Å². The smallest absolute Gasteiger partial charge is 0.228 e. The van der Waals surface area contributed by atoms with Gasteiger partial charge in [0.25, 0.3) is 0 Å². The van der Waals surface area contributed by atoms with Crippen LogP contribution in [0.3, 0.4) is 0 Å². The van der Waals surface area contributed by atoms with E-state index >= 15 is 0 Å². The van der Waals surface area contributed by atoms with E-state index in [9.17, 15) is 0 Å². The van der Waals surface area contributed by atoms with Crippen LogP contribution in [0.4, 0.5) is 0 Å². The third-order valence-electron chi connectivity index (χ3n) is 8.38. The van der Waals surface area contributed by atoms with Crippen molar-refractivity contribution in [1.82, 2.24) is 19.9 Å². The number of aromatic nitrogens is 4. The average molecular weight is 577 g/mol. The predicted molar refractivity (Wildman–Crippen MR) is 182 cm³/mol. The summed E-state index contributed by atoms with van der Waals surface area (Å²) >= 11 is 0. The molecule has 0 spiro atoms. The number of pyridine rings is 1. The minimum atomic E-state index is 0.555. The molecule has 0 aliphatic rings. The Morgan fingerprint density at radius 3 is 1.87 bits per heavy atom. The van der Waals surface area contributed by atoms with Crippen molar-refractivity contribution in [2.24, 2.45) is 0 Å². The number of rotatable bonds is 4. The van der Waals surface area contributed by atoms with Gasteiger partial charge in [-0.15, -0.1) is 0 Å². The maximum Gasteiger partial charge on any atom is 0.228 e. The standard InChI is InChI=1S/C40H24N4O/c1-3-11-25(12-4-1)34-24-29(23-28-16-8-9-17-30(28)34)38-42-37(27-14-5-2-6-15-27)43-39(44-38)33-21-22-41-40-35(33)32-20-19-26-13-7-10-18-31(26)36(32)45-40/h1-24H. The summed E-state index contributed by atoms with van der Waals surface area (Å²) in [5.41, 5.74) is 6.31. The van der Waals surface area contributed by atoms with Gasteiger partial charge in [0.1, 0.15) is 5.58 Å². The van der Waals surface area contributed by atoms with Crippen LogP contribution in [-0.4, -0.2) is 19.9 Å². The molecular weight excluding hydrogens is 552 g/mol. The monoisotopic (exact) mass is 576 g/mol. The number of nitrogens with zero attached hydrogens (tertiary/aromatic N) is 4. The molecule has 210 valence electrons. The van der Waals surface area contributed by atoms with Gasteiger partial charge < -0.3 is 4.42 Å². The Kier molecular flexibility index (Phi) is 5.74. The van der Waals surface area contributed by atoms with Crippen LogP contribution in [0.2, 0.25) is 0 Å². The molecule has 9 aromatic rings. The second-order valence-corrected chi connectivity index (χ2v) is 11.1. The van der Waals surface area contributed by atoms with Crippen molar-refractivity contribution in [2.45, 2.75) is 0 Å². The van der Waals surface area contributed by atoms with Crippen molar-refractivity contribution in [3.63, 3.8) is 0 Å². The maximum absolute atomic E-state index is 6.39.